The maximum absolute atomic E-state index is 12.2. The van der Waals surface area contributed by atoms with Crippen LogP contribution in [0.2, 0.25) is 0 Å². The number of esters is 1. The number of rotatable bonds is 5. The van der Waals surface area contributed by atoms with Gasteiger partial charge in [0.15, 0.2) is 11.0 Å². The van der Waals surface area contributed by atoms with Crippen molar-refractivity contribution in [2.45, 2.75) is 12.1 Å². The Labute approximate surface area is 172 Å². The highest BCUT2D eigenvalue weighted by Crippen LogP contribution is 2.25. The largest absolute Gasteiger partial charge is 0.497 e. The van der Waals surface area contributed by atoms with E-state index in [2.05, 4.69) is 20.7 Å². The van der Waals surface area contributed by atoms with Gasteiger partial charge in [-0.15, -0.1) is 10.2 Å². The zero-order chi connectivity index (χ0) is 20.8. The molecule has 0 spiro atoms. The molecule has 0 aliphatic carbocycles. The molecule has 0 amide bonds. The van der Waals surface area contributed by atoms with E-state index in [-0.39, 0.29) is 5.04 Å². The summed E-state index contributed by atoms with van der Waals surface area (Å²) in [7, 11) is 4.75. The Hall–Kier alpha value is -3.33. The van der Waals surface area contributed by atoms with Crippen molar-refractivity contribution in [3.05, 3.63) is 54.1 Å². The van der Waals surface area contributed by atoms with Gasteiger partial charge in [-0.2, -0.15) is 5.10 Å². The van der Waals surface area contributed by atoms with Crippen molar-refractivity contribution >= 4 is 28.5 Å². The standard InChI is InChI=1S/C20H21N5O3S/c1-13-7-5-6-8-16(13)21-23-18(19(26)28-4)29-20-24-22-17(25(20)2)14-9-11-15(27-3)12-10-14/h5-12,21H,1-4H3. The van der Waals surface area contributed by atoms with Crippen molar-refractivity contribution in [1.29, 1.82) is 0 Å². The average Bonchev–Trinajstić information content (AvgIpc) is 3.11. The number of hydrazone groups is 1. The number of aryl methyl sites for hydroxylation is 1. The molecule has 0 atom stereocenters. The molecule has 0 aliphatic heterocycles. The fourth-order valence-electron chi connectivity index (χ4n) is 2.49. The predicted octanol–water partition coefficient (Wildman–Crippen LogP) is 3.49. The monoisotopic (exact) mass is 411 g/mol. The number of thioether (sulfide) groups is 1. The van der Waals surface area contributed by atoms with Crippen LogP contribution < -0.4 is 10.2 Å². The molecule has 1 N–H and O–H groups in total. The second-order valence-corrected chi connectivity index (χ2v) is 6.99. The summed E-state index contributed by atoms with van der Waals surface area (Å²) in [6, 6.07) is 15.1. The smallest absolute Gasteiger partial charge is 0.365 e. The molecule has 150 valence electrons. The number of para-hydroxylation sites is 1. The zero-order valence-corrected chi connectivity index (χ0v) is 17.4. The van der Waals surface area contributed by atoms with Crippen molar-refractivity contribution in [3.63, 3.8) is 0 Å². The van der Waals surface area contributed by atoms with Crippen LogP contribution in [0.1, 0.15) is 5.56 Å². The molecule has 29 heavy (non-hydrogen) atoms. The lowest BCUT2D eigenvalue weighted by Gasteiger charge is -2.08. The van der Waals surface area contributed by atoms with E-state index in [0.29, 0.717) is 11.0 Å². The van der Waals surface area contributed by atoms with Crippen molar-refractivity contribution in [2.75, 3.05) is 19.6 Å². The number of nitrogens with zero attached hydrogens (tertiary/aromatic N) is 4. The van der Waals surface area contributed by atoms with Crippen molar-refractivity contribution < 1.29 is 14.3 Å². The Morgan fingerprint density at radius 3 is 2.48 bits per heavy atom. The highest BCUT2D eigenvalue weighted by atomic mass is 32.2. The van der Waals surface area contributed by atoms with Crippen LogP contribution in [0, 0.1) is 6.92 Å². The van der Waals surface area contributed by atoms with Crippen LogP contribution >= 0.6 is 11.8 Å². The number of anilines is 1. The number of hydrogen-bond donors (Lipinski definition) is 1. The van der Waals surface area contributed by atoms with Crippen LogP contribution in [0.25, 0.3) is 11.4 Å². The Morgan fingerprint density at radius 2 is 1.83 bits per heavy atom. The van der Waals surface area contributed by atoms with E-state index in [9.17, 15) is 4.79 Å². The topological polar surface area (TPSA) is 90.6 Å². The van der Waals surface area contributed by atoms with Crippen LogP contribution in [0.4, 0.5) is 5.69 Å². The first-order valence-electron chi connectivity index (χ1n) is 8.72. The summed E-state index contributed by atoms with van der Waals surface area (Å²) in [5.41, 5.74) is 5.59. The lowest BCUT2D eigenvalue weighted by atomic mass is 10.2. The molecule has 2 aromatic carbocycles. The van der Waals surface area contributed by atoms with Crippen molar-refractivity contribution in [2.24, 2.45) is 12.1 Å². The number of benzene rings is 2. The fourth-order valence-corrected chi connectivity index (χ4v) is 3.22. The second-order valence-electron chi connectivity index (χ2n) is 6.03. The number of methoxy groups -OCH3 is 2. The first-order valence-corrected chi connectivity index (χ1v) is 9.54. The minimum atomic E-state index is -0.565. The summed E-state index contributed by atoms with van der Waals surface area (Å²) >= 11 is 1.07. The van der Waals surface area contributed by atoms with Gasteiger partial charge in [0.25, 0.3) is 0 Å². The molecule has 3 aromatic rings. The molecule has 0 saturated carbocycles. The molecule has 0 unspecified atom stereocenters. The van der Waals surface area contributed by atoms with Gasteiger partial charge in [-0.1, -0.05) is 18.2 Å². The van der Waals surface area contributed by atoms with Gasteiger partial charge >= 0.3 is 5.97 Å². The Kier molecular flexibility index (Phi) is 6.50. The molecular weight excluding hydrogens is 390 g/mol. The summed E-state index contributed by atoms with van der Waals surface area (Å²) in [4.78, 5) is 12.2. The van der Waals surface area contributed by atoms with E-state index in [1.807, 2.05) is 62.5 Å². The summed E-state index contributed by atoms with van der Waals surface area (Å²) in [6.45, 7) is 1.95. The molecule has 8 nitrogen and oxygen atoms in total. The minimum absolute atomic E-state index is 0.118. The quantitative estimate of drug-likeness (QED) is 0.226. The van der Waals surface area contributed by atoms with Crippen LogP contribution in [0.15, 0.2) is 58.8 Å². The van der Waals surface area contributed by atoms with E-state index in [4.69, 9.17) is 9.47 Å². The van der Waals surface area contributed by atoms with Gasteiger partial charge in [-0.3, -0.25) is 5.43 Å². The average molecular weight is 411 g/mol. The van der Waals surface area contributed by atoms with Gasteiger partial charge < -0.3 is 14.0 Å². The predicted molar refractivity (Wildman–Crippen MR) is 113 cm³/mol. The highest BCUT2D eigenvalue weighted by molar-refractivity contribution is 8.15. The van der Waals surface area contributed by atoms with Gasteiger partial charge in [0.1, 0.15) is 5.75 Å². The van der Waals surface area contributed by atoms with Gasteiger partial charge in [0, 0.05) is 12.6 Å². The van der Waals surface area contributed by atoms with Crippen molar-refractivity contribution in [1.82, 2.24) is 14.8 Å². The van der Waals surface area contributed by atoms with E-state index >= 15 is 0 Å². The Balaban J connectivity index is 1.84. The maximum Gasteiger partial charge on any atom is 0.365 e. The SMILES string of the molecule is COC(=O)C(=NNc1ccccc1C)Sc1nnc(-c2ccc(OC)cc2)n1C. The Bertz CT molecular complexity index is 1030. The number of nitrogens with one attached hydrogen (secondary N) is 1. The lowest BCUT2D eigenvalue weighted by Crippen LogP contribution is -2.15. The third-order valence-electron chi connectivity index (χ3n) is 4.15. The van der Waals surface area contributed by atoms with E-state index in [0.717, 1.165) is 34.3 Å². The molecule has 0 saturated heterocycles. The van der Waals surface area contributed by atoms with E-state index < -0.39 is 5.97 Å². The maximum atomic E-state index is 12.2. The fraction of sp³-hybridized carbons (Fsp3) is 0.200. The summed E-state index contributed by atoms with van der Waals surface area (Å²) in [5, 5.41) is 13.3. The van der Waals surface area contributed by atoms with Crippen LogP contribution in [0.5, 0.6) is 5.75 Å². The number of aromatic nitrogens is 3. The summed E-state index contributed by atoms with van der Waals surface area (Å²) < 4.78 is 11.8. The van der Waals surface area contributed by atoms with Crippen LogP contribution in [-0.2, 0) is 16.6 Å². The first-order chi connectivity index (χ1) is 14.0. The molecule has 3 rings (SSSR count). The third-order valence-corrected chi connectivity index (χ3v) is 5.14. The summed E-state index contributed by atoms with van der Waals surface area (Å²) in [5.74, 6) is 0.851. The molecular formula is C20H21N5O3S. The number of hydrogen-bond acceptors (Lipinski definition) is 8. The van der Waals surface area contributed by atoms with Crippen LogP contribution in [-0.4, -0.2) is 40.0 Å². The van der Waals surface area contributed by atoms with Gasteiger partial charge in [-0.25, -0.2) is 4.79 Å². The zero-order valence-electron chi connectivity index (χ0n) is 16.5. The van der Waals surface area contributed by atoms with E-state index in [1.54, 1.807) is 11.7 Å². The highest BCUT2D eigenvalue weighted by Gasteiger charge is 2.20. The van der Waals surface area contributed by atoms with Gasteiger partial charge in [0.2, 0.25) is 5.04 Å². The molecule has 0 radical (unpaired) electrons. The molecule has 9 heteroatoms. The molecule has 1 aromatic heterocycles. The molecule has 0 aliphatic rings. The number of carbonyl (C=O) groups is 1. The van der Waals surface area contributed by atoms with Gasteiger partial charge in [-0.05, 0) is 54.6 Å². The van der Waals surface area contributed by atoms with Crippen LogP contribution in [0.3, 0.4) is 0 Å². The summed E-state index contributed by atoms with van der Waals surface area (Å²) in [6.07, 6.45) is 0. The Morgan fingerprint density at radius 1 is 1.10 bits per heavy atom. The molecule has 0 fully saturated rings. The third kappa shape index (κ3) is 4.75. The normalized spacial score (nSPS) is 11.2. The second kappa shape index (κ2) is 9.24. The lowest BCUT2D eigenvalue weighted by molar-refractivity contribution is -0.132. The number of ether oxygens (including phenoxy) is 2. The molecule has 1 heterocycles. The first kappa shape index (κ1) is 20.4. The van der Waals surface area contributed by atoms with E-state index in [1.165, 1.54) is 7.11 Å². The van der Waals surface area contributed by atoms with Crippen molar-refractivity contribution in [3.8, 4) is 17.1 Å². The minimum Gasteiger partial charge on any atom is -0.497 e. The number of carbonyl (C=O) groups excluding carboxylic acids is 1. The van der Waals surface area contributed by atoms with Gasteiger partial charge in [0.05, 0.1) is 19.9 Å². The molecule has 0 bridgehead atoms.